The number of aldehydes is 1. The van der Waals surface area contributed by atoms with Gasteiger partial charge in [0.25, 0.3) is 0 Å². The number of likely N-dealkylation sites (N-methyl/N-ethyl adjacent to an activating group) is 1. The standard InChI is InChI=1S/C13H19NO3S/c1-13(2,3)11-5-7-12(8-6-11)18(16,17)14(4)9-10-15/h5-8,10H,9H2,1-4H3. The number of sulfonamides is 1. The predicted octanol–water partition coefficient (Wildman–Crippen LogP) is 1.80. The van der Waals surface area contributed by atoms with Crippen LogP contribution in [0.4, 0.5) is 0 Å². The van der Waals surface area contributed by atoms with Crippen LogP contribution in [0.3, 0.4) is 0 Å². The van der Waals surface area contributed by atoms with Crippen molar-refractivity contribution < 1.29 is 13.2 Å². The van der Waals surface area contributed by atoms with E-state index in [4.69, 9.17) is 0 Å². The highest BCUT2D eigenvalue weighted by molar-refractivity contribution is 7.89. The van der Waals surface area contributed by atoms with Gasteiger partial charge < -0.3 is 4.79 Å². The molecule has 0 amide bonds. The van der Waals surface area contributed by atoms with Crippen molar-refractivity contribution in [1.82, 2.24) is 4.31 Å². The summed E-state index contributed by atoms with van der Waals surface area (Å²) < 4.78 is 25.1. The first-order chi connectivity index (χ1) is 8.19. The fraction of sp³-hybridized carbons (Fsp3) is 0.462. The Morgan fingerprint density at radius 3 is 2.06 bits per heavy atom. The smallest absolute Gasteiger partial charge is 0.243 e. The second-order valence-corrected chi connectivity index (χ2v) is 7.27. The predicted molar refractivity (Wildman–Crippen MR) is 71.0 cm³/mol. The fourth-order valence-corrected chi connectivity index (χ4v) is 2.61. The Balaban J connectivity index is 3.09. The monoisotopic (exact) mass is 269 g/mol. The molecule has 1 rings (SSSR count). The van der Waals surface area contributed by atoms with Crippen LogP contribution in [0.2, 0.25) is 0 Å². The van der Waals surface area contributed by atoms with Crippen LogP contribution in [0, 0.1) is 0 Å². The Kier molecular flexibility index (Phi) is 4.29. The van der Waals surface area contributed by atoms with E-state index < -0.39 is 10.0 Å². The molecule has 0 aromatic heterocycles. The average molecular weight is 269 g/mol. The normalized spacial score (nSPS) is 12.7. The third-order valence-corrected chi connectivity index (χ3v) is 4.60. The summed E-state index contributed by atoms with van der Waals surface area (Å²) in [6.07, 6.45) is 0.571. The second kappa shape index (κ2) is 5.20. The molecular weight excluding hydrogens is 250 g/mol. The van der Waals surface area contributed by atoms with E-state index in [1.807, 2.05) is 12.1 Å². The lowest BCUT2D eigenvalue weighted by atomic mass is 9.87. The van der Waals surface area contributed by atoms with Crippen LogP contribution in [-0.2, 0) is 20.2 Å². The van der Waals surface area contributed by atoms with Gasteiger partial charge in [-0.05, 0) is 23.1 Å². The largest absolute Gasteiger partial charge is 0.302 e. The van der Waals surface area contributed by atoms with Crippen LogP contribution in [0.25, 0.3) is 0 Å². The van der Waals surface area contributed by atoms with Gasteiger partial charge in [-0.25, -0.2) is 8.42 Å². The van der Waals surface area contributed by atoms with Crippen molar-refractivity contribution in [2.45, 2.75) is 31.1 Å². The third-order valence-electron chi connectivity index (χ3n) is 2.76. The van der Waals surface area contributed by atoms with Gasteiger partial charge >= 0.3 is 0 Å². The van der Waals surface area contributed by atoms with Gasteiger partial charge in [0.1, 0.15) is 6.29 Å². The Morgan fingerprint density at radius 2 is 1.67 bits per heavy atom. The molecule has 0 spiro atoms. The number of carbonyl (C=O) groups is 1. The van der Waals surface area contributed by atoms with E-state index in [0.29, 0.717) is 6.29 Å². The molecule has 0 aliphatic carbocycles. The van der Waals surface area contributed by atoms with Gasteiger partial charge in [-0.1, -0.05) is 32.9 Å². The van der Waals surface area contributed by atoms with Gasteiger partial charge in [-0.3, -0.25) is 0 Å². The van der Waals surface area contributed by atoms with Crippen molar-refractivity contribution in [2.75, 3.05) is 13.6 Å². The molecule has 18 heavy (non-hydrogen) atoms. The van der Waals surface area contributed by atoms with E-state index in [2.05, 4.69) is 20.8 Å². The summed E-state index contributed by atoms with van der Waals surface area (Å²) in [4.78, 5) is 10.6. The Morgan fingerprint density at radius 1 is 1.17 bits per heavy atom. The van der Waals surface area contributed by atoms with Crippen LogP contribution in [0.5, 0.6) is 0 Å². The minimum Gasteiger partial charge on any atom is -0.302 e. The molecule has 5 heteroatoms. The molecule has 0 fully saturated rings. The molecule has 0 aliphatic rings. The van der Waals surface area contributed by atoms with Crippen LogP contribution in [-0.4, -0.2) is 32.6 Å². The topological polar surface area (TPSA) is 54.5 Å². The molecule has 0 bridgehead atoms. The molecule has 0 unspecified atom stereocenters. The van der Waals surface area contributed by atoms with Crippen LogP contribution < -0.4 is 0 Å². The van der Waals surface area contributed by atoms with E-state index in [9.17, 15) is 13.2 Å². The second-order valence-electron chi connectivity index (χ2n) is 5.23. The Hall–Kier alpha value is -1.20. The highest BCUT2D eigenvalue weighted by Gasteiger charge is 2.21. The summed E-state index contributed by atoms with van der Waals surface area (Å²) in [7, 11) is -2.17. The van der Waals surface area contributed by atoms with Crippen molar-refractivity contribution in [3.8, 4) is 0 Å². The number of hydrogen-bond acceptors (Lipinski definition) is 3. The summed E-state index contributed by atoms with van der Waals surface area (Å²) in [5.41, 5.74) is 1.05. The van der Waals surface area contributed by atoms with Crippen molar-refractivity contribution in [3.63, 3.8) is 0 Å². The van der Waals surface area contributed by atoms with Gasteiger partial charge in [-0.15, -0.1) is 0 Å². The highest BCUT2D eigenvalue weighted by atomic mass is 32.2. The van der Waals surface area contributed by atoms with Gasteiger partial charge in [0.15, 0.2) is 0 Å². The van der Waals surface area contributed by atoms with Crippen molar-refractivity contribution in [3.05, 3.63) is 29.8 Å². The van der Waals surface area contributed by atoms with Crippen molar-refractivity contribution >= 4 is 16.3 Å². The average Bonchev–Trinajstić information content (AvgIpc) is 2.28. The number of hydrogen-bond donors (Lipinski definition) is 0. The number of benzene rings is 1. The summed E-state index contributed by atoms with van der Waals surface area (Å²) >= 11 is 0. The number of nitrogens with zero attached hydrogens (tertiary/aromatic N) is 1. The molecule has 0 radical (unpaired) electrons. The molecule has 100 valence electrons. The molecule has 1 aromatic rings. The van der Waals surface area contributed by atoms with Gasteiger partial charge in [0.05, 0.1) is 11.4 Å². The highest BCUT2D eigenvalue weighted by Crippen LogP contribution is 2.24. The maximum absolute atomic E-state index is 12.1. The fourth-order valence-electron chi connectivity index (χ4n) is 1.51. The maximum Gasteiger partial charge on any atom is 0.243 e. The lowest BCUT2D eigenvalue weighted by molar-refractivity contribution is -0.107. The number of carbonyl (C=O) groups excluding carboxylic acids is 1. The molecule has 0 saturated carbocycles. The van der Waals surface area contributed by atoms with E-state index >= 15 is 0 Å². The maximum atomic E-state index is 12.1. The lowest BCUT2D eigenvalue weighted by Crippen LogP contribution is -2.28. The molecule has 0 saturated heterocycles. The van der Waals surface area contributed by atoms with E-state index in [1.165, 1.54) is 7.05 Å². The molecule has 1 aromatic carbocycles. The van der Waals surface area contributed by atoms with E-state index in [0.717, 1.165) is 9.87 Å². The molecule has 0 heterocycles. The molecule has 0 atom stereocenters. The summed E-state index contributed by atoms with van der Waals surface area (Å²) in [6.45, 7) is 6.06. The van der Waals surface area contributed by atoms with E-state index in [1.54, 1.807) is 12.1 Å². The van der Waals surface area contributed by atoms with Crippen molar-refractivity contribution in [2.24, 2.45) is 0 Å². The molecule has 0 N–H and O–H groups in total. The van der Waals surface area contributed by atoms with Crippen LogP contribution >= 0.6 is 0 Å². The summed E-state index contributed by atoms with van der Waals surface area (Å²) in [6, 6.07) is 6.78. The summed E-state index contributed by atoms with van der Waals surface area (Å²) in [5, 5.41) is 0. The third kappa shape index (κ3) is 3.17. The van der Waals surface area contributed by atoms with Crippen molar-refractivity contribution in [1.29, 1.82) is 0 Å². The number of rotatable bonds is 4. The minimum absolute atomic E-state index is 0.0169. The molecule has 4 nitrogen and oxygen atoms in total. The SMILES string of the molecule is CN(CC=O)S(=O)(=O)c1ccc(C(C)(C)C)cc1. The Labute approximate surface area is 109 Å². The Bertz CT molecular complexity index is 512. The first-order valence-electron chi connectivity index (χ1n) is 5.70. The zero-order valence-electron chi connectivity index (χ0n) is 11.2. The zero-order chi connectivity index (χ0) is 14.0. The quantitative estimate of drug-likeness (QED) is 0.783. The minimum atomic E-state index is -3.56. The first-order valence-corrected chi connectivity index (χ1v) is 7.14. The van der Waals surface area contributed by atoms with Crippen LogP contribution in [0.15, 0.2) is 29.2 Å². The molecule has 0 aliphatic heterocycles. The van der Waals surface area contributed by atoms with Gasteiger partial charge in [0.2, 0.25) is 10.0 Å². The van der Waals surface area contributed by atoms with Gasteiger partial charge in [0, 0.05) is 7.05 Å². The van der Waals surface area contributed by atoms with Crippen LogP contribution in [0.1, 0.15) is 26.3 Å². The first kappa shape index (κ1) is 14.9. The zero-order valence-corrected chi connectivity index (χ0v) is 12.0. The summed E-state index contributed by atoms with van der Waals surface area (Å²) in [5.74, 6) is 0. The lowest BCUT2D eigenvalue weighted by Gasteiger charge is -2.20. The molecular formula is C13H19NO3S. The van der Waals surface area contributed by atoms with Gasteiger partial charge in [-0.2, -0.15) is 4.31 Å². The van der Waals surface area contributed by atoms with E-state index in [-0.39, 0.29) is 16.9 Å².